The van der Waals surface area contributed by atoms with E-state index in [0.29, 0.717) is 49.5 Å². The second-order valence-electron chi connectivity index (χ2n) is 9.88. The smallest absolute Gasteiger partial charge is 0.282 e. The van der Waals surface area contributed by atoms with Crippen LogP contribution in [-0.4, -0.2) is 35.0 Å². The fraction of sp³-hybridized carbons (Fsp3) is 0.118. The largest absolute Gasteiger partial charge is 0.490 e. The van der Waals surface area contributed by atoms with Gasteiger partial charge in [0.15, 0.2) is 23.9 Å². The zero-order chi connectivity index (χ0) is 30.6. The molecule has 2 aromatic heterocycles. The van der Waals surface area contributed by atoms with Gasteiger partial charge in [0.2, 0.25) is 5.82 Å². The number of aromatic nitrogens is 2. The molecule has 0 unspecified atom stereocenters. The molecule has 220 valence electrons. The number of rotatable bonds is 9. The highest BCUT2D eigenvalue weighted by molar-refractivity contribution is 14.1. The number of anilines is 1. The first-order valence-corrected chi connectivity index (χ1v) is 15.0. The summed E-state index contributed by atoms with van der Waals surface area (Å²) in [5.74, 6) is 1.30. The third kappa shape index (κ3) is 6.06. The first kappa shape index (κ1) is 29.1. The van der Waals surface area contributed by atoms with Gasteiger partial charge in [0.05, 0.1) is 27.3 Å². The first-order valence-electron chi connectivity index (χ1n) is 13.9. The fourth-order valence-electron chi connectivity index (χ4n) is 4.71. The number of fused-ring (bicyclic) bond motifs is 2. The van der Waals surface area contributed by atoms with Crippen LogP contribution in [0.4, 0.5) is 5.69 Å². The Morgan fingerprint density at radius 2 is 1.80 bits per heavy atom. The Morgan fingerprint density at radius 3 is 2.61 bits per heavy atom. The highest BCUT2D eigenvalue weighted by atomic mass is 127. The topological polar surface area (TPSA) is 108 Å². The van der Waals surface area contributed by atoms with Gasteiger partial charge in [-0.15, -0.1) is 0 Å². The van der Waals surface area contributed by atoms with Crippen molar-refractivity contribution in [2.24, 2.45) is 5.10 Å². The van der Waals surface area contributed by atoms with Crippen molar-refractivity contribution in [2.45, 2.75) is 13.8 Å². The minimum Gasteiger partial charge on any atom is -0.490 e. The zero-order valence-electron chi connectivity index (χ0n) is 23.9. The Hall–Kier alpha value is -4.97. The van der Waals surface area contributed by atoms with Gasteiger partial charge >= 0.3 is 0 Å². The van der Waals surface area contributed by atoms with Crippen LogP contribution in [0.2, 0.25) is 0 Å². The van der Waals surface area contributed by atoms with Gasteiger partial charge in [-0.2, -0.15) is 9.78 Å². The Labute approximate surface area is 266 Å². The third-order valence-electron chi connectivity index (χ3n) is 6.82. The summed E-state index contributed by atoms with van der Waals surface area (Å²) >= 11 is 2.13. The fourth-order valence-corrected chi connectivity index (χ4v) is 5.49. The number of aryl methyl sites for hydroxylation is 1. The molecule has 44 heavy (non-hydrogen) atoms. The Morgan fingerprint density at radius 1 is 1.02 bits per heavy atom. The van der Waals surface area contributed by atoms with E-state index in [9.17, 15) is 9.59 Å². The van der Waals surface area contributed by atoms with E-state index in [1.165, 1.54) is 4.68 Å². The van der Waals surface area contributed by atoms with Gasteiger partial charge in [-0.3, -0.25) is 9.59 Å². The number of para-hydroxylation sites is 3. The van der Waals surface area contributed by atoms with Crippen molar-refractivity contribution < 1.29 is 18.7 Å². The lowest BCUT2D eigenvalue weighted by Crippen LogP contribution is -2.21. The number of furan rings is 1. The van der Waals surface area contributed by atoms with Crippen molar-refractivity contribution in [1.82, 2.24) is 9.66 Å². The third-order valence-corrected chi connectivity index (χ3v) is 7.62. The number of carbonyl (C=O) groups is 1. The van der Waals surface area contributed by atoms with Gasteiger partial charge in [-0.25, -0.2) is 4.98 Å². The molecule has 1 N–H and O–H groups in total. The number of hydrogen-bond donors (Lipinski definition) is 1. The van der Waals surface area contributed by atoms with Crippen LogP contribution in [-0.2, 0) is 4.79 Å². The molecule has 1 amide bonds. The van der Waals surface area contributed by atoms with E-state index < -0.39 is 0 Å². The van der Waals surface area contributed by atoms with Gasteiger partial charge in [-0.05, 0) is 90.0 Å². The number of hydrogen-bond acceptors (Lipinski definition) is 7. The molecule has 0 radical (unpaired) electrons. The summed E-state index contributed by atoms with van der Waals surface area (Å²) in [6, 6.07) is 27.7. The molecule has 0 spiro atoms. The Balaban J connectivity index is 1.33. The molecule has 6 rings (SSSR count). The molecule has 10 heteroatoms. The molecular weight excluding hydrogens is 671 g/mol. The Bertz CT molecular complexity index is 2070. The highest BCUT2D eigenvalue weighted by Crippen LogP contribution is 2.34. The van der Waals surface area contributed by atoms with Crippen LogP contribution in [0, 0.1) is 10.5 Å². The van der Waals surface area contributed by atoms with Gasteiger partial charge in [0.1, 0.15) is 5.58 Å². The van der Waals surface area contributed by atoms with E-state index in [1.54, 1.807) is 30.5 Å². The molecule has 0 aliphatic heterocycles. The lowest BCUT2D eigenvalue weighted by Gasteiger charge is -2.15. The monoisotopic (exact) mass is 698 g/mol. The van der Waals surface area contributed by atoms with E-state index in [2.05, 4.69) is 33.0 Å². The standard InChI is InChI=1S/C34H27IN4O5/c1-3-42-29-17-22(16-25(35)32(29)43-20-31(40)37-26-13-7-4-10-21(26)2)19-36-39-33(30-18-23-11-5-9-15-28(23)44-30)38-27-14-8-6-12-24(27)34(39)41/h4-19H,3,20H2,1-2H3,(H,37,40). The van der Waals surface area contributed by atoms with Crippen molar-refractivity contribution in [3.05, 3.63) is 116 Å². The summed E-state index contributed by atoms with van der Waals surface area (Å²) in [5, 5.41) is 8.76. The second-order valence-corrected chi connectivity index (χ2v) is 11.0. The Kier molecular flexibility index (Phi) is 8.42. The number of halogens is 1. The van der Waals surface area contributed by atoms with Crippen LogP contribution in [0.25, 0.3) is 33.5 Å². The summed E-state index contributed by atoms with van der Waals surface area (Å²) in [5.41, 5.74) is 3.23. The van der Waals surface area contributed by atoms with Crippen LogP contribution in [0.1, 0.15) is 18.1 Å². The SMILES string of the molecule is CCOc1cc(C=Nn2c(-c3cc4ccccc4o3)nc3ccccc3c2=O)cc(I)c1OCC(=O)Nc1ccccc1C. The zero-order valence-corrected chi connectivity index (χ0v) is 26.1. The van der Waals surface area contributed by atoms with Gasteiger partial charge < -0.3 is 19.2 Å². The summed E-state index contributed by atoms with van der Waals surface area (Å²) in [6.07, 6.45) is 1.56. The molecule has 0 aliphatic carbocycles. The number of benzene rings is 4. The molecule has 0 saturated carbocycles. The molecule has 2 heterocycles. The molecule has 0 aliphatic rings. The predicted octanol–water partition coefficient (Wildman–Crippen LogP) is 7.02. The van der Waals surface area contributed by atoms with Gasteiger partial charge in [0, 0.05) is 11.1 Å². The molecule has 0 bridgehead atoms. The van der Waals surface area contributed by atoms with Crippen molar-refractivity contribution in [1.29, 1.82) is 0 Å². The molecule has 0 fully saturated rings. The normalized spacial score (nSPS) is 11.3. The van der Waals surface area contributed by atoms with Crippen molar-refractivity contribution in [3.8, 4) is 23.1 Å². The summed E-state index contributed by atoms with van der Waals surface area (Å²) in [6.45, 7) is 3.97. The second kappa shape index (κ2) is 12.7. The number of carbonyl (C=O) groups excluding carboxylic acids is 1. The maximum absolute atomic E-state index is 13.6. The summed E-state index contributed by atoms with van der Waals surface area (Å²) in [4.78, 5) is 31.0. The quantitative estimate of drug-likeness (QED) is 0.129. The minimum atomic E-state index is -0.332. The molecule has 6 aromatic rings. The predicted molar refractivity (Wildman–Crippen MR) is 180 cm³/mol. The number of nitrogens with zero attached hydrogens (tertiary/aromatic N) is 3. The van der Waals surface area contributed by atoms with Gasteiger partial charge in [-0.1, -0.05) is 48.5 Å². The van der Waals surface area contributed by atoms with E-state index in [4.69, 9.17) is 18.9 Å². The number of nitrogens with one attached hydrogen (secondary N) is 1. The van der Waals surface area contributed by atoms with Crippen LogP contribution >= 0.6 is 22.6 Å². The highest BCUT2D eigenvalue weighted by Gasteiger charge is 2.18. The maximum Gasteiger partial charge on any atom is 0.282 e. The average Bonchev–Trinajstić information content (AvgIpc) is 3.46. The average molecular weight is 699 g/mol. The van der Waals surface area contributed by atoms with Gasteiger partial charge in [0.25, 0.3) is 11.5 Å². The van der Waals surface area contributed by atoms with Crippen LogP contribution < -0.4 is 20.3 Å². The lowest BCUT2D eigenvalue weighted by molar-refractivity contribution is -0.118. The van der Waals surface area contributed by atoms with E-state index >= 15 is 0 Å². The number of amides is 1. The summed E-state index contributed by atoms with van der Waals surface area (Å²) < 4.78 is 19.8. The maximum atomic E-state index is 13.6. The van der Waals surface area contributed by atoms with E-state index in [0.717, 1.165) is 16.6 Å². The number of ether oxygens (including phenoxy) is 2. The van der Waals surface area contributed by atoms with E-state index in [-0.39, 0.29) is 23.9 Å². The van der Waals surface area contributed by atoms with Crippen LogP contribution in [0.15, 0.2) is 105 Å². The van der Waals surface area contributed by atoms with Crippen LogP contribution in [0.3, 0.4) is 0 Å². The van der Waals surface area contributed by atoms with Crippen molar-refractivity contribution in [3.63, 3.8) is 0 Å². The minimum absolute atomic E-state index is 0.198. The molecule has 4 aromatic carbocycles. The molecule has 9 nitrogen and oxygen atoms in total. The van der Waals surface area contributed by atoms with Crippen molar-refractivity contribution in [2.75, 3.05) is 18.5 Å². The molecule has 0 saturated heterocycles. The molecular formula is C34H27IN4O5. The lowest BCUT2D eigenvalue weighted by atomic mass is 10.2. The first-order chi connectivity index (χ1) is 21.4. The van der Waals surface area contributed by atoms with Crippen molar-refractivity contribution >= 4 is 62.3 Å². The molecule has 0 atom stereocenters. The summed E-state index contributed by atoms with van der Waals surface area (Å²) in [7, 11) is 0. The van der Waals surface area contributed by atoms with Crippen LogP contribution in [0.5, 0.6) is 11.5 Å². The van der Waals surface area contributed by atoms with E-state index in [1.807, 2.05) is 80.6 Å².